The molecule has 0 bridgehead atoms. The largest absolute Gasteiger partial charge is 0.385 e. The number of hydrogen-bond donors (Lipinski definition) is 2. The highest BCUT2D eigenvalue weighted by molar-refractivity contribution is 5.79. The Morgan fingerprint density at radius 2 is 2.26 bits per heavy atom. The predicted molar refractivity (Wildman–Crippen MR) is 81.6 cm³/mol. The van der Waals surface area contributed by atoms with E-state index in [1.54, 1.807) is 12.7 Å². The Bertz CT molecular complexity index is 287. The molecule has 0 atom stereocenters. The van der Waals surface area contributed by atoms with Gasteiger partial charge in [0.25, 0.3) is 0 Å². The molecule has 19 heavy (non-hydrogen) atoms. The number of hydrogen-bond acceptors (Lipinski definition) is 2. The van der Waals surface area contributed by atoms with E-state index in [4.69, 9.17) is 4.74 Å². The first kappa shape index (κ1) is 16.0. The van der Waals surface area contributed by atoms with Crippen LogP contribution < -0.4 is 10.6 Å². The van der Waals surface area contributed by atoms with Crippen molar-refractivity contribution in [1.29, 1.82) is 0 Å². The summed E-state index contributed by atoms with van der Waals surface area (Å²) < 4.78 is 5.03. The fraction of sp³-hybridized carbons (Fsp3) is 0.800. The van der Waals surface area contributed by atoms with Gasteiger partial charge in [0.2, 0.25) is 0 Å². The van der Waals surface area contributed by atoms with Gasteiger partial charge in [-0.3, -0.25) is 4.99 Å². The Morgan fingerprint density at radius 3 is 2.95 bits per heavy atom. The van der Waals surface area contributed by atoms with Gasteiger partial charge in [0.15, 0.2) is 5.96 Å². The second kappa shape index (κ2) is 10.9. The van der Waals surface area contributed by atoms with Gasteiger partial charge < -0.3 is 15.4 Å². The third kappa shape index (κ3) is 7.88. The topological polar surface area (TPSA) is 45.7 Å². The molecular formula is C15H29N3O. The maximum atomic E-state index is 5.03. The van der Waals surface area contributed by atoms with E-state index in [-0.39, 0.29) is 0 Å². The van der Waals surface area contributed by atoms with Crippen molar-refractivity contribution in [3.05, 3.63) is 11.6 Å². The number of aliphatic imine (C=N–C) groups is 1. The van der Waals surface area contributed by atoms with Gasteiger partial charge in [-0.05, 0) is 45.4 Å². The highest BCUT2D eigenvalue weighted by atomic mass is 16.5. The van der Waals surface area contributed by atoms with Gasteiger partial charge in [0.05, 0.1) is 0 Å². The highest BCUT2D eigenvalue weighted by Crippen LogP contribution is 2.19. The lowest BCUT2D eigenvalue weighted by atomic mass is 9.97. The third-order valence-corrected chi connectivity index (χ3v) is 3.24. The number of allylic oxidation sites excluding steroid dienone is 1. The number of nitrogens with one attached hydrogen (secondary N) is 2. The molecule has 1 aliphatic rings. The minimum atomic E-state index is 0.774. The van der Waals surface area contributed by atoms with Crippen molar-refractivity contribution in [2.75, 3.05) is 33.4 Å². The van der Waals surface area contributed by atoms with E-state index in [1.165, 1.54) is 25.7 Å². The number of guanidine groups is 1. The van der Waals surface area contributed by atoms with Gasteiger partial charge >= 0.3 is 0 Å². The van der Waals surface area contributed by atoms with Gasteiger partial charge in [-0.2, -0.15) is 0 Å². The molecule has 0 unspecified atom stereocenters. The molecule has 0 saturated carbocycles. The lowest BCUT2D eigenvalue weighted by molar-refractivity contribution is 0.197. The van der Waals surface area contributed by atoms with Crippen molar-refractivity contribution >= 4 is 5.96 Å². The summed E-state index contributed by atoms with van der Waals surface area (Å²) >= 11 is 0. The molecule has 1 rings (SSSR count). The van der Waals surface area contributed by atoms with Crippen LogP contribution in [0.3, 0.4) is 0 Å². The highest BCUT2D eigenvalue weighted by Gasteiger charge is 2.03. The number of methoxy groups -OCH3 is 1. The van der Waals surface area contributed by atoms with E-state index in [0.717, 1.165) is 45.0 Å². The number of ether oxygens (including phenoxy) is 1. The van der Waals surface area contributed by atoms with E-state index in [2.05, 4.69) is 28.6 Å². The maximum Gasteiger partial charge on any atom is 0.191 e. The zero-order valence-corrected chi connectivity index (χ0v) is 12.5. The fourth-order valence-corrected chi connectivity index (χ4v) is 2.21. The van der Waals surface area contributed by atoms with Gasteiger partial charge in [-0.15, -0.1) is 0 Å². The van der Waals surface area contributed by atoms with Crippen LogP contribution in [0.2, 0.25) is 0 Å². The molecule has 0 aromatic rings. The van der Waals surface area contributed by atoms with Gasteiger partial charge in [-0.1, -0.05) is 11.6 Å². The summed E-state index contributed by atoms with van der Waals surface area (Å²) in [6.07, 6.45) is 9.79. The SMILES string of the molecule is CCNC(=NCCCOC)NCCC1=CCCCC1. The van der Waals surface area contributed by atoms with Crippen LogP contribution in [0.25, 0.3) is 0 Å². The van der Waals surface area contributed by atoms with Crippen molar-refractivity contribution in [3.8, 4) is 0 Å². The van der Waals surface area contributed by atoms with E-state index in [1.807, 2.05) is 0 Å². The molecule has 4 nitrogen and oxygen atoms in total. The van der Waals surface area contributed by atoms with Crippen LogP contribution in [-0.4, -0.2) is 39.3 Å². The average Bonchev–Trinajstić information content (AvgIpc) is 2.44. The van der Waals surface area contributed by atoms with Crippen LogP contribution in [0, 0.1) is 0 Å². The van der Waals surface area contributed by atoms with Crippen molar-refractivity contribution < 1.29 is 4.74 Å². The summed E-state index contributed by atoms with van der Waals surface area (Å²) in [6.45, 7) is 5.55. The monoisotopic (exact) mass is 267 g/mol. The Labute approximate surface area is 117 Å². The van der Waals surface area contributed by atoms with E-state index in [9.17, 15) is 0 Å². The molecule has 0 saturated heterocycles. The Hall–Kier alpha value is -1.03. The molecule has 0 aliphatic heterocycles. The Kier molecular flexibility index (Phi) is 9.15. The van der Waals surface area contributed by atoms with Crippen molar-refractivity contribution in [2.45, 2.75) is 45.4 Å². The van der Waals surface area contributed by atoms with Crippen molar-refractivity contribution in [3.63, 3.8) is 0 Å². The minimum Gasteiger partial charge on any atom is -0.385 e. The second-order valence-corrected chi connectivity index (χ2v) is 4.89. The van der Waals surface area contributed by atoms with Crippen LogP contribution in [0.5, 0.6) is 0 Å². The first-order valence-electron chi connectivity index (χ1n) is 7.56. The molecular weight excluding hydrogens is 238 g/mol. The quantitative estimate of drug-likeness (QED) is 0.307. The lowest BCUT2D eigenvalue weighted by Gasteiger charge is -2.15. The maximum absolute atomic E-state index is 5.03. The van der Waals surface area contributed by atoms with Crippen LogP contribution in [0.4, 0.5) is 0 Å². The van der Waals surface area contributed by atoms with E-state index in [0.29, 0.717) is 0 Å². The summed E-state index contributed by atoms with van der Waals surface area (Å²) in [7, 11) is 1.73. The Balaban J connectivity index is 2.22. The molecule has 0 aromatic carbocycles. The summed E-state index contributed by atoms with van der Waals surface area (Å²) in [5.74, 6) is 0.926. The van der Waals surface area contributed by atoms with Crippen LogP contribution in [0.15, 0.2) is 16.6 Å². The Morgan fingerprint density at radius 1 is 1.37 bits per heavy atom. The molecule has 0 fully saturated rings. The van der Waals surface area contributed by atoms with Crippen LogP contribution in [0.1, 0.15) is 45.4 Å². The first-order valence-corrected chi connectivity index (χ1v) is 7.56. The number of rotatable bonds is 8. The molecule has 0 spiro atoms. The average molecular weight is 267 g/mol. The van der Waals surface area contributed by atoms with Gasteiger partial charge in [0, 0.05) is 33.4 Å². The summed E-state index contributed by atoms with van der Waals surface area (Å²) in [5, 5.41) is 6.68. The summed E-state index contributed by atoms with van der Waals surface area (Å²) in [5.41, 5.74) is 1.61. The van der Waals surface area contributed by atoms with E-state index < -0.39 is 0 Å². The minimum absolute atomic E-state index is 0.774. The molecule has 0 radical (unpaired) electrons. The normalized spacial score (nSPS) is 16.1. The second-order valence-electron chi connectivity index (χ2n) is 4.89. The van der Waals surface area contributed by atoms with Crippen molar-refractivity contribution in [1.82, 2.24) is 10.6 Å². The molecule has 2 N–H and O–H groups in total. The van der Waals surface area contributed by atoms with Gasteiger partial charge in [0.1, 0.15) is 0 Å². The molecule has 4 heteroatoms. The lowest BCUT2D eigenvalue weighted by Crippen LogP contribution is -2.38. The first-order chi connectivity index (χ1) is 9.36. The van der Waals surface area contributed by atoms with Crippen LogP contribution >= 0.6 is 0 Å². The smallest absolute Gasteiger partial charge is 0.191 e. The van der Waals surface area contributed by atoms with Crippen LogP contribution in [-0.2, 0) is 4.74 Å². The molecule has 0 heterocycles. The zero-order valence-electron chi connectivity index (χ0n) is 12.5. The summed E-state index contributed by atoms with van der Waals surface area (Å²) in [4.78, 5) is 4.53. The van der Waals surface area contributed by atoms with Gasteiger partial charge in [-0.25, -0.2) is 0 Å². The van der Waals surface area contributed by atoms with Crippen molar-refractivity contribution in [2.24, 2.45) is 4.99 Å². The predicted octanol–water partition coefficient (Wildman–Crippen LogP) is 2.47. The molecule has 1 aliphatic carbocycles. The molecule has 0 aromatic heterocycles. The standard InChI is InChI=1S/C15H29N3O/c1-3-16-15(17-11-7-13-19-2)18-12-10-14-8-5-4-6-9-14/h8H,3-7,9-13H2,1-2H3,(H2,16,17,18). The number of nitrogens with zero attached hydrogens (tertiary/aromatic N) is 1. The fourth-order valence-electron chi connectivity index (χ4n) is 2.21. The zero-order chi connectivity index (χ0) is 13.8. The third-order valence-electron chi connectivity index (χ3n) is 3.24. The molecule has 0 amide bonds. The summed E-state index contributed by atoms with van der Waals surface area (Å²) in [6, 6.07) is 0. The molecule has 110 valence electrons. The van der Waals surface area contributed by atoms with E-state index >= 15 is 0 Å².